The molecule has 0 radical (unpaired) electrons. The van der Waals surface area contributed by atoms with Gasteiger partial charge in [-0.2, -0.15) is 0 Å². The minimum absolute atomic E-state index is 0.106. The quantitative estimate of drug-likeness (QED) is 0.743. The molecule has 92 valence electrons. The Hall–Kier alpha value is -1.21. The van der Waals surface area contributed by atoms with Crippen LogP contribution in [0.5, 0.6) is 0 Å². The molecular formula is C9H10ClN3O3S. The van der Waals surface area contributed by atoms with Gasteiger partial charge in [0.25, 0.3) is 5.91 Å². The van der Waals surface area contributed by atoms with E-state index in [1.54, 1.807) is 0 Å². The molecule has 2 unspecified atom stereocenters. The Morgan fingerprint density at radius 1 is 1.35 bits per heavy atom. The molecule has 1 aliphatic heterocycles. The fourth-order valence-corrected chi connectivity index (χ4v) is 4.15. The van der Waals surface area contributed by atoms with E-state index in [1.165, 1.54) is 18.7 Å². The average molecular weight is 276 g/mol. The molecule has 0 aromatic carbocycles. The molecule has 0 bridgehead atoms. The summed E-state index contributed by atoms with van der Waals surface area (Å²) in [5, 5.41) is 1.98. The van der Waals surface area contributed by atoms with Crippen LogP contribution in [0.25, 0.3) is 0 Å². The van der Waals surface area contributed by atoms with Gasteiger partial charge in [0.2, 0.25) is 0 Å². The number of halogens is 1. The Kier molecular flexibility index (Phi) is 3.30. The topological polar surface area (TPSA) is 89.0 Å². The molecule has 2 atom stereocenters. The lowest BCUT2D eigenvalue weighted by molar-refractivity contribution is 0.0941. The van der Waals surface area contributed by atoms with Crippen LogP contribution in [0, 0.1) is 0 Å². The van der Waals surface area contributed by atoms with Gasteiger partial charge in [-0.05, 0) is 0 Å². The van der Waals surface area contributed by atoms with E-state index in [0.29, 0.717) is 0 Å². The minimum Gasteiger partial charge on any atom is -0.347 e. The molecule has 17 heavy (non-hydrogen) atoms. The lowest BCUT2D eigenvalue weighted by Gasteiger charge is -2.13. The third-order valence-corrected chi connectivity index (χ3v) is 4.80. The highest BCUT2D eigenvalue weighted by Crippen LogP contribution is 2.18. The highest BCUT2D eigenvalue weighted by molar-refractivity contribution is 7.91. The molecular weight excluding hydrogens is 266 g/mol. The first-order chi connectivity index (χ1) is 7.98. The molecule has 1 fully saturated rings. The second-order valence-corrected chi connectivity index (χ2v) is 6.51. The fraction of sp³-hybridized carbons (Fsp3) is 0.444. The number of hydrogen-bond acceptors (Lipinski definition) is 5. The molecule has 8 heteroatoms. The molecule has 1 aromatic heterocycles. The number of nitrogens with one attached hydrogen (secondary N) is 1. The fourth-order valence-electron chi connectivity index (χ4n) is 1.60. The van der Waals surface area contributed by atoms with E-state index in [9.17, 15) is 13.2 Å². The van der Waals surface area contributed by atoms with Crippen molar-refractivity contribution < 1.29 is 13.2 Å². The highest BCUT2D eigenvalue weighted by atomic mass is 35.5. The number of sulfone groups is 1. The first kappa shape index (κ1) is 12.3. The van der Waals surface area contributed by atoms with Gasteiger partial charge in [-0.1, -0.05) is 0 Å². The van der Waals surface area contributed by atoms with Crippen LogP contribution >= 0.6 is 11.6 Å². The summed E-state index contributed by atoms with van der Waals surface area (Å²) in [6, 6.07) is -0.561. The molecule has 1 aliphatic rings. The van der Waals surface area contributed by atoms with Gasteiger partial charge < -0.3 is 5.32 Å². The maximum Gasteiger partial charge on any atom is 0.254 e. The van der Waals surface area contributed by atoms with Crippen molar-refractivity contribution in [2.75, 3.05) is 11.5 Å². The number of carbonyl (C=O) groups is 1. The van der Waals surface area contributed by atoms with Crippen LogP contribution in [-0.4, -0.2) is 47.2 Å². The lowest BCUT2D eigenvalue weighted by Crippen LogP contribution is -2.40. The molecule has 0 spiro atoms. The van der Waals surface area contributed by atoms with E-state index in [2.05, 4.69) is 15.3 Å². The van der Waals surface area contributed by atoms with E-state index in [0.717, 1.165) is 0 Å². The Morgan fingerprint density at radius 3 is 2.53 bits per heavy atom. The summed E-state index contributed by atoms with van der Waals surface area (Å²) < 4.78 is 22.6. The summed E-state index contributed by atoms with van der Waals surface area (Å²) in [6.45, 7) is 0. The number of carbonyl (C=O) groups excluding carboxylic acids is 1. The molecule has 1 saturated heterocycles. The van der Waals surface area contributed by atoms with Gasteiger partial charge in [0.1, 0.15) is 6.33 Å². The van der Waals surface area contributed by atoms with Crippen molar-refractivity contribution in [3.05, 3.63) is 24.3 Å². The van der Waals surface area contributed by atoms with Crippen LogP contribution in [0.2, 0.25) is 0 Å². The molecule has 2 heterocycles. The highest BCUT2D eigenvalue weighted by Gasteiger charge is 2.37. The Bertz CT molecular complexity index is 520. The number of hydrogen-bond donors (Lipinski definition) is 1. The summed E-state index contributed by atoms with van der Waals surface area (Å²) in [7, 11) is -3.15. The first-order valence-electron chi connectivity index (χ1n) is 4.88. The van der Waals surface area contributed by atoms with Crippen molar-refractivity contribution in [3.63, 3.8) is 0 Å². The summed E-state index contributed by atoms with van der Waals surface area (Å²) >= 11 is 5.87. The van der Waals surface area contributed by atoms with Gasteiger partial charge in [0.05, 0.1) is 28.5 Å². The smallest absolute Gasteiger partial charge is 0.254 e. The van der Waals surface area contributed by atoms with Crippen molar-refractivity contribution in [1.82, 2.24) is 15.3 Å². The van der Waals surface area contributed by atoms with Gasteiger partial charge >= 0.3 is 0 Å². The van der Waals surface area contributed by atoms with Crippen LogP contribution in [0.3, 0.4) is 0 Å². The summed E-state index contributed by atoms with van der Waals surface area (Å²) in [4.78, 5) is 19.1. The molecule has 0 aliphatic carbocycles. The Balaban J connectivity index is 2.06. The van der Waals surface area contributed by atoms with Gasteiger partial charge in [0.15, 0.2) is 9.84 Å². The first-order valence-corrected chi connectivity index (χ1v) is 7.14. The Labute approximate surface area is 103 Å². The van der Waals surface area contributed by atoms with E-state index in [-0.39, 0.29) is 17.1 Å². The van der Waals surface area contributed by atoms with Crippen LogP contribution in [0.1, 0.15) is 10.4 Å². The predicted octanol–water partition coefficient (Wildman–Crippen LogP) is -0.389. The third-order valence-electron chi connectivity index (χ3n) is 2.42. The van der Waals surface area contributed by atoms with Crippen LogP contribution < -0.4 is 5.32 Å². The van der Waals surface area contributed by atoms with Crippen LogP contribution in [-0.2, 0) is 9.84 Å². The molecule has 2 rings (SSSR count). The van der Waals surface area contributed by atoms with Crippen molar-refractivity contribution in [2.24, 2.45) is 0 Å². The van der Waals surface area contributed by atoms with Crippen LogP contribution in [0.15, 0.2) is 18.7 Å². The van der Waals surface area contributed by atoms with Crippen LogP contribution in [0.4, 0.5) is 0 Å². The second-order valence-electron chi connectivity index (χ2n) is 3.80. The van der Waals surface area contributed by atoms with Crippen molar-refractivity contribution in [1.29, 1.82) is 0 Å². The van der Waals surface area contributed by atoms with Crippen molar-refractivity contribution in [3.8, 4) is 0 Å². The molecule has 1 N–H and O–H groups in total. The monoisotopic (exact) mass is 275 g/mol. The van der Waals surface area contributed by atoms with E-state index in [4.69, 9.17) is 11.6 Å². The van der Waals surface area contributed by atoms with Gasteiger partial charge in [-0.25, -0.2) is 18.4 Å². The maximum atomic E-state index is 11.7. The summed E-state index contributed by atoms with van der Waals surface area (Å²) in [5.74, 6) is -0.649. The summed E-state index contributed by atoms with van der Waals surface area (Å²) in [5.41, 5.74) is 0.278. The lowest BCUT2D eigenvalue weighted by atomic mass is 10.2. The van der Waals surface area contributed by atoms with Crippen molar-refractivity contribution in [2.45, 2.75) is 11.4 Å². The van der Waals surface area contributed by atoms with Gasteiger partial charge in [-0.15, -0.1) is 11.6 Å². The largest absolute Gasteiger partial charge is 0.347 e. The van der Waals surface area contributed by atoms with E-state index < -0.39 is 27.2 Å². The number of amides is 1. The molecule has 1 aromatic rings. The maximum absolute atomic E-state index is 11.7. The zero-order chi connectivity index (χ0) is 12.5. The van der Waals surface area contributed by atoms with Gasteiger partial charge in [0, 0.05) is 12.4 Å². The van der Waals surface area contributed by atoms with Crippen molar-refractivity contribution >= 4 is 27.3 Å². The normalized spacial score (nSPS) is 26.6. The average Bonchev–Trinajstić information content (AvgIpc) is 2.53. The molecule has 1 amide bonds. The zero-order valence-electron chi connectivity index (χ0n) is 8.71. The molecule has 6 nitrogen and oxygen atoms in total. The minimum atomic E-state index is -3.15. The summed E-state index contributed by atoms with van der Waals surface area (Å²) in [6.07, 6.45) is 4.02. The molecule has 0 saturated carbocycles. The Morgan fingerprint density at radius 2 is 2.00 bits per heavy atom. The number of rotatable bonds is 2. The van der Waals surface area contributed by atoms with E-state index >= 15 is 0 Å². The zero-order valence-corrected chi connectivity index (χ0v) is 10.3. The number of nitrogens with zero attached hydrogens (tertiary/aromatic N) is 2. The van der Waals surface area contributed by atoms with Gasteiger partial charge in [-0.3, -0.25) is 4.79 Å². The standard InChI is InChI=1S/C9H10ClN3O3S/c10-7-3-17(15,16)4-8(7)13-9(14)6-1-11-5-12-2-6/h1-2,5,7-8H,3-4H2,(H,13,14). The number of alkyl halides is 1. The SMILES string of the molecule is O=C(NC1CS(=O)(=O)CC1Cl)c1cncnc1. The second kappa shape index (κ2) is 4.58. The number of aromatic nitrogens is 2. The predicted molar refractivity (Wildman–Crippen MR) is 61.6 cm³/mol. The third kappa shape index (κ3) is 2.92. The van der Waals surface area contributed by atoms with E-state index in [1.807, 2.05) is 0 Å².